The second-order valence-electron chi connectivity index (χ2n) is 3.33. The Kier molecular flexibility index (Phi) is 4.41. The molecule has 0 bridgehead atoms. The zero-order chi connectivity index (χ0) is 12.0. The summed E-state index contributed by atoms with van der Waals surface area (Å²) in [6.07, 6.45) is 5.99. The van der Waals surface area contributed by atoms with E-state index in [9.17, 15) is 4.79 Å². The van der Waals surface area contributed by atoms with Gasteiger partial charge in [0, 0.05) is 5.56 Å². The van der Waals surface area contributed by atoms with Crippen molar-refractivity contribution in [2.75, 3.05) is 7.11 Å². The number of rotatable bonds is 4. The maximum Gasteiger partial charge on any atom is 0.252 e. The highest BCUT2D eigenvalue weighted by atomic mass is 16.5. The minimum Gasteiger partial charge on any atom is -0.497 e. The molecule has 1 aromatic rings. The minimum absolute atomic E-state index is 0.160. The fourth-order valence-electron chi connectivity index (χ4n) is 1.25. The lowest BCUT2D eigenvalue weighted by molar-refractivity contribution is 0.0945. The van der Waals surface area contributed by atoms with E-state index in [-0.39, 0.29) is 11.9 Å². The van der Waals surface area contributed by atoms with Crippen LogP contribution in [0.2, 0.25) is 0 Å². The van der Waals surface area contributed by atoms with Crippen molar-refractivity contribution in [3.63, 3.8) is 0 Å². The smallest absolute Gasteiger partial charge is 0.252 e. The van der Waals surface area contributed by atoms with Crippen LogP contribution in [-0.2, 0) is 0 Å². The minimum atomic E-state index is -0.213. The highest BCUT2D eigenvalue weighted by Crippen LogP contribution is 2.11. The van der Waals surface area contributed by atoms with Gasteiger partial charge in [-0.15, -0.1) is 6.42 Å². The summed E-state index contributed by atoms with van der Waals surface area (Å²) in [5.41, 5.74) is 0.578. The van der Waals surface area contributed by atoms with Crippen molar-refractivity contribution in [2.45, 2.75) is 19.4 Å². The van der Waals surface area contributed by atoms with Gasteiger partial charge in [-0.05, 0) is 30.7 Å². The lowest BCUT2D eigenvalue weighted by Gasteiger charge is -2.10. The molecule has 0 saturated heterocycles. The van der Waals surface area contributed by atoms with Gasteiger partial charge in [-0.2, -0.15) is 0 Å². The molecule has 0 radical (unpaired) electrons. The molecule has 0 saturated carbocycles. The van der Waals surface area contributed by atoms with Gasteiger partial charge in [0.05, 0.1) is 13.2 Å². The maximum atomic E-state index is 11.7. The number of amides is 1. The van der Waals surface area contributed by atoms with Crippen LogP contribution in [-0.4, -0.2) is 19.1 Å². The van der Waals surface area contributed by atoms with Gasteiger partial charge in [-0.25, -0.2) is 0 Å². The summed E-state index contributed by atoms with van der Waals surface area (Å²) in [5.74, 6) is 3.08. The highest BCUT2D eigenvalue weighted by Gasteiger charge is 2.09. The fraction of sp³-hybridized carbons (Fsp3) is 0.308. The Balaban J connectivity index is 2.70. The zero-order valence-electron chi connectivity index (χ0n) is 9.49. The van der Waals surface area contributed by atoms with Gasteiger partial charge in [-0.1, -0.05) is 12.8 Å². The predicted octanol–water partition coefficient (Wildman–Crippen LogP) is 1.84. The van der Waals surface area contributed by atoms with Crippen molar-refractivity contribution in [1.29, 1.82) is 0 Å². The molecule has 1 atom stereocenters. The van der Waals surface area contributed by atoms with Gasteiger partial charge >= 0.3 is 0 Å². The molecular weight excluding hydrogens is 202 g/mol. The summed E-state index contributed by atoms with van der Waals surface area (Å²) in [7, 11) is 1.58. The van der Waals surface area contributed by atoms with Gasteiger partial charge in [0.15, 0.2) is 0 Å². The first kappa shape index (κ1) is 12.1. The number of carbonyl (C=O) groups is 1. The van der Waals surface area contributed by atoms with Crippen LogP contribution in [0.4, 0.5) is 0 Å². The van der Waals surface area contributed by atoms with Crippen molar-refractivity contribution in [2.24, 2.45) is 0 Å². The molecule has 84 valence electrons. The summed E-state index contributed by atoms with van der Waals surface area (Å²) in [6, 6.07) is 6.68. The third-order valence-corrected chi connectivity index (χ3v) is 2.27. The molecular formula is C13H15NO2. The third kappa shape index (κ3) is 3.03. The first-order valence-electron chi connectivity index (χ1n) is 5.12. The van der Waals surface area contributed by atoms with Crippen LogP contribution < -0.4 is 10.1 Å². The normalized spacial score (nSPS) is 11.3. The largest absolute Gasteiger partial charge is 0.497 e. The van der Waals surface area contributed by atoms with Crippen molar-refractivity contribution in [3.05, 3.63) is 29.8 Å². The topological polar surface area (TPSA) is 38.3 Å². The van der Waals surface area contributed by atoms with Crippen molar-refractivity contribution < 1.29 is 9.53 Å². The van der Waals surface area contributed by atoms with E-state index in [1.165, 1.54) is 0 Å². The Bertz CT molecular complexity index is 389. The van der Waals surface area contributed by atoms with Crippen molar-refractivity contribution in [1.82, 2.24) is 5.32 Å². The van der Waals surface area contributed by atoms with Crippen LogP contribution >= 0.6 is 0 Å². The number of nitrogens with one attached hydrogen (secondary N) is 1. The first-order chi connectivity index (χ1) is 7.71. The average Bonchev–Trinajstić information content (AvgIpc) is 2.35. The van der Waals surface area contributed by atoms with Crippen molar-refractivity contribution >= 4 is 5.91 Å². The molecule has 1 aromatic carbocycles. The summed E-state index contributed by atoms with van der Waals surface area (Å²) in [5, 5.41) is 2.75. The Morgan fingerprint density at radius 3 is 2.56 bits per heavy atom. The number of hydrogen-bond acceptors (Lipinski definition) is 2. The molecule has 3 nitrogen and oxygen atoms in total. The second kappa shape index (κ2) is 5.82. The van der Waals surface area contributed by atoms with Crippen LogP contribution in [0.1, 0.15) is 23.7 Å². The third-order valence-electron chi connectivity index (χ3n) is 2.27. The molecule has 16 heavy (non-hydrogen) atoms. The first-order valence-corrected chi connectivity index (χ1v) is 5.12. The molecule has 3 heteroatoms. The van der Waals surface area contributed by atoms with Crippen LogP contribution in [0.25, 0.3) is 0 Å². The molecule has 1 unspecified atom stereocenters. The number of carbonyl (C=O) groups excluding carboxylic acids is 1. The Morgan fingerprint density at radius 1 is 1.50 bits per heavy atom. The SMILES string of the molecule is C#CC(CC)NC(=O)c1ccc(OC)cc1. The fourth-order valence-corrected chi connectivity index (χ4v) is 1.25. The molecule has 1 amide bonds. The summed E-state index contributed by atoms with van der Waals surface area (Å²) >= 11 is 0. The number of ether oxygens (including phenoxy) is 1. The lowest BCUT2D eigenvalue weighted by atomic mass is 10.1. The molecule has 0 aliphatic heterocycles. The molecule has 0 spiro atoms. The van der Waals surface area contributed by atoms with E-state index in [1.807, 2.05) is 6.92 Å². The van der Waals surface area contributed by atoms with Crippen LogP contribution in [0.5, 0.6) is 5.75 Å². The summed E-state index contributed by atoms with van der Waals surface area (Å²) in [6.45, 7) is 1.93. The molecule has 0 aliphatic rings. The van der Waals surface area contributed by atoms with Crippen LogP contribution in [0, 0.1) is 12.3 Å². The van der Waals surface area contributed by atoms with E-state index >= 15 is 0 Å². The van der Waals surface area contributed by atoms with E-state index in [1.54, 1.807) is 31.4 Å². The number of hydrogen-bond donors (Lipinski definition) is 1. The molecule has 1 rings (SSSR count). The maximum absolute atomic E-state index is 11.7. The van der Waals surface area contributed by atoms with Gasteiger partial charge < -0.3 is 10.1 Å². The average molecular weight is 217 g/mol. The number of benzene rings is 1. The van der Waals surface area contributed by atoms with Gasteiger partial charge in [0.25, 0.3) is 5.91 Å². The number of terminal acetylenes is 1. The van der Waals surface area contributed by atoms with E-state index in [0.717, 1.165) is 12.2 Å². The molecule has 0 aliphatic carbocycles. The quantitative estimate of drug-likeness (QED) is 0.781. The molecule has 0 aromatic heterocycles. The van der Waals surface area contributed by atoms with E-state index in [4.69, 9.17) is 11.2 Å². The van der Waals surface area contributed by atoms with Gasteiger partial charge in [0.2, 0.25) is 0 Å². The van der Waals surface area contributed by atoms with E-state index in [2.05, 4.69) is 11.2 Å². The standard InChI is InChI=1S/C13H15NO2/c1-4-11(5-2)14-13(15)10-6-8-12(16-3)9-7-10/h1,6-9,11H,5H2,2-3H3,(H,14,15). The monoisotopic (exact) mass is 217 g/mol. The van der Waals surface area contributed by atoms with Crippen LogP contribution in [0.15, 0.2) is 24.3 Å². The van der Waals surface area contributed by atoms with Gasteiger partial charge in [0.1, 0.15) is 5.75 Å². The Hall–Kier alpha value is -1.95. The van der Waals surface area contributed by atoms with E-state index in [0.29, 0.717) is 5.56 Å². The lowest BCUT2D eigenvalue weighted by Crippen LogP contribution is -2.33. The molecule has 0 fully saturated rings. The second-order valence-corrected chi connectivity index (χ2v) is 3.33. The number of methoxy groups -OCH3 is 1. The summed E-state index contributed by atoms with van der Waals surface area (Å²) < 4.78 is 5.01. The van der Waals surface area contributed by atoms with Crippen LogP contribution in [0.3, 0.4) is 0 Å². The van der Waals surface area contributed by atoms with Crippen molar-refractivity contribution in [3.8, 4) is 18.1 Å². The Labute approximate surface area is 95.8 Å². The Morgan fingerprint density at radius 2 is 2.12 bits per heavy atom. The molecule has 1 N–H and O–H groups in total. The van der Waals surface area contributed by atoms with Gasteiger partial charge in [-0.3, -0.25) is 4.79 Å². The zero-order valence-corrected chi connectivity index (χ0v) is 9.49. The highest BCUT2D eigenvalue weighted by molar-refractivity contribution is 5.94. The summed E-state index contributed by atoms with van der Waals surface area (Å²) in [4.78, 5) is 11.7. The van der Waals surface area contributed by atoms with E-state index < -0.39 is 0 Å². The predicted molar refractivity (Wildman–Crippen MR) is 63.4 cm³/mol. The molecule has 0 heterocycles.